The lowest BCUT2D eigenvalue weighted by Gasteiger charge is -2.13. The number of Topliss-reactive ketones (excluding diaryl/α,β-unsaturated/α-hetero) is 1. The Balaban J connectivity index is 2.17. The average molecular weight is 375 g/mol. The SMILES string of the molecule is CNS(=O)(=O)c1cccc(C(=O)O[C@@H](C)C(=O)c2ccc(C)c(C)c2)c1. The number of carbonyl (C=O) groups excluding carboxylic acids is 2. The van der Waals surface area contributed by atoms with Crippen LogP contribution >= 0.6 is 0 Å². The van der Waals surface area contributed by atoms with Crippen LogP contribution in [0.1, 0.15) is 38.8 Å². The highest BCUT2D eigenvalue weighted by molar-refractivity contribution is 7.89. The number of carbonyl (C=O) groups is 2. The van der Waals surface area contributed by atoms with Crippen molar-refractivity contribution in [3.05, 3.63) is 64.7 Å². The zero-order chi connectivity index (χ0) is 19.5. The molecule has 0 radical (unpaired) electrons. The minimum absolute atomic E-state index is 0.0532. The van der Waals surface area contributed by atoms with Crippen molar-refractivity contribution < 1.29 is 22.7 Å². The van der Waals surface area contributed by atoms with E-state index < -0.39 is 22.1 Å². The number of rotatable bonds is 6. The van der Waals surface area contributed by atoms with Gasteiger partial charge >= 0.3 is 5.97 Å². The van der Waals surface area contributed by atoms with Crippen LogP contribution in [0.2, 0.25) is 0 Å². The number of sulfonamides is 1. The summed E-state index contributed by atoms with van der Waals surface area (Å²) < 4.78 is 31.1. The van der Waals surface area contributed by atoms with Gasteiger partial charge in [0, 0.05) is 5.56 Å². The van der Waals surface area contributed by atoms with Gasteiger partial charge in [-0.1, -0.05) is 18.2 Å². The van der Waals surface area contributed by atoms with Gasteiger partial charge < -0.3 is 4.74 Å². The summed E-state index contributed by atoms with van der Waals surface area (Å²) in [5, 5.41) is 0. The third-order valence-electron chi connectivity index (χ3n) is 4.09. The monoisotopic (exact) mass is 375 g/mol. The number of nitrogens with one attached hydrogen (secondary N) is 1. The van der Waals surface area contributed by atoms with Gasteiger partial charge in [-0.05, 0) is 63.2 Å². The molecule has 2 rings (SSSR count). The number of hydrogen-bond donors (Lipinski definition) is 1. The lowest BCUT2D eigenvalue weighted by Crippen LogP contribution is -2.25. The second-order valence-corrected chi connectivity index (χ2v) is 7.83. The second-order valence-electron chi connectivity index (χ2n) is 5.95. The smallest absolute Gasteiger partial charge is 0.338 e. The van der Waals surface area contributed by atoms with Crippen LogP contribution < -0.4 is 4.72 Å². The van der Waals surface area contributed by atoms with Gasteiger partial charge in [-0.25, -0.2) is 17.9 Å². The molecule has 0 amide bonds. The summed E-state index contributed by atoms with van der Waals surface area (Å²) in [7, 11) is -2.39. The predicted octanol–water partition coefficient (Wildman–Crippen LogP) is 2.64. The van der Waals surface area contributed by atoms with E-state index in [9.17, 15) is 18.0 Å². The maximum atomic E-state index is 12.5. The summed E-state index contributed by atoms with van der Waals surface area (Å²) in [6.07, 6.45) is -0.992. The molecular formula is C19H21NO5S. The van der Waals surface area contributed by atoms with Gasteiger partial charge in [0.05, 0.1) is 10.5 Å². The van der Waals surface area contributed by atoms with E-state index in [1.807, 2.05) is 19.9 Å². The molecule has 0 fully saturated rings. The van der Waals surface area contributed by atoms with Crippen LogP contribution in [-0.2, 0) is 14.8 Å². The molecule has 0 unspecified atom stereocenters. The molecule has 0 saturated heterocycles. The van der Waals surface area contributed by atoms with Crippen molar-refractivity contribution in [1.82, 2.24) is 4.72 Å². The van der Waals surface area contributed by atoms with Crippen molar-refractivity contribution in [1.29, 1.82) is 0 Å². The summed E-state index contributed by atoms with van der Waals surface area (Å²) in [4.78, 5) is 24.7. The third-order valence-corrected chi connectivity index (χ3v) is 5.51. The number of ketones is 1. The summed E-state index contributed by atoms with van der Waals surface area (Å²) >= 11 is 0. The van der Waals surface area contributed by atoms with E-state index in [1.165, 1.54) is 38.2 Å². The molecule has 0 heterocycles. The lowest BCUT2D eigenvalue weighted by atomic mass is 10.0. The zero-order valence-electron chi connectivity index (χ0n) is 15.1. The average Bonchev–Trinajstić information content (AvgIpc) is 2.63. The van der Waals surface area contributed by atoms with E-state index in [1.54, 1.807) is 12.1 Å². The molecule has 6 nitrogen and oxygen atoms in total. The quantitative estimate of drug-likeness (QED) is 0.619. The third kappa shape index (κ3) is 4.36. The van der Waals surface area contributed by atoms with Crippen LogP contribution in [0.3, 0.4) is 0 Å². The van der Waals surface area contributed by atoms with Crippen LogP contribution in [-0.4, -0.2) is 33.3 Å². The highest BCUT2D eigenvalue weighted by Crippen LogP contribution is 2.16. The van der Waals surface area contributed by atoms with Gasteiger partial charge in [0.25, 0.3) is 0 Å². The standard InChI is InChI=1S/C19H21NO5S/c1-12-8-9-15(10-13(12)2)18(21)14(3)25-19(22)16-6-5-7-17(11-16)26(23,24)20-4/h5-11,14,20H,1-4H3/t14-/m0/s1. The van der Waals surface area contributed by atoms with Crippen LogP contribution in [0.4, 0.5) is 0 Å². The molecule has 7 heteroatoms. The van der Waals surface area contributed by atoms with Gasteiger partial charge in [0.1, 0.15) is 0 Å². The van der Waals surface area contributed by atoms with Crippen molar-refractivity contribution in [3.63, 3.8) is 0 Å². The highest BCUT2D eigenvalue weighted by Gasteiger charge is 2.22. The summed E-state index contributed by atoms with van der Waals surface area (Å²) in [6, 6.07) is 10.7. The van der Waals surface area contributed by atoms with Crippen LogP contribution in [0.15, 0.2) is 47.4 Å². The van der Waals surface area contributed by atoms with Gasteiger partial charge in [-0.2, -0.15) is 0 Å². The summed E-state index contributed by atoms with van der Waals surface area (Å²) in [5.74, 6) is -1.08. The van der Waals surface area contributed by atoms with Gasteiger partial charge in [-0.3, -0.25) is 4.79 Å². The van der Waals surface area contributed by atoms with Crippen LogP contribution in [0, 0.1) is 13.8 Å². The van der Waals surface area contributed by atoms with Crippen molar-refractivity contribution in [2.45, 2.75) is 31.8 Å². The number of benzene rings is 2. The first-order chi connectivity index (χ1) is 12.2. The number of hydrogen-bond acceptors (Lipinski definition) is 5. The fourth-order valence-corrected chi connectivity index (χ4v) is 3.10. The topological polar surface area (TPSA) is 89.5 Å². The van der Waals surface area contributed by atoms with E-state index in [2.05, 4.69) is 4.72 Å². The maximum absolute atomic E-state index is 12.5. The Morgan fingerprint density at radius 3 is 2.31 bits per heavy atom. The van der Waals surface area contributed by atoms with E-state index in [0.717, 1.165) is 11.1 Å². The fourth-order valence-electron chi connectivity index (χ4n) is 2.32. The Morgan fingerprint density at radius 2 is 1.69 bits per heavy atom. The van der Waals surface area contributed by atoms with Crippen molar-refractivity contribution in [3.8, 4) is 0 Å². The Morgan fingerprint density at radius 1 is 1.00 bits per heavy atom. The highest BCUT2D eigenvalue weighted by atomic mass is 32.2. The van der Waals surface area contributed by atoms with E-state index >= 15 is 0 Å². The first-order valence-corrected chi connectivity index (χ1v) is 9.50. The van der Waals surface area contributed by atoms with Gasteiger partial charge in [-0.15, -0.1) is 0 Å². The molecule has 2 aromatic carbocycles. The molecule has 138 valence electrons. The molecule has 0 saturated carbocycles. The van der Waals surface area contributed by atoms with Crippen LogP contribution in [0.25, 0.3) is 0 Å². The normalized spacial score (nSPS) is 12.5. The van der Waals surface area contributed by atoms with E-state index in [0.29, 0.717) is 5.56 Å². The van der Waals surface area contributed by atoms with Gasteiger partial charge in [0.2, 0.25) is 15.8 Å². The maximum Gasteiger partial charge on any atom is 0.338 e. The molecule has 1 N–H and O–H groups in total. The molecular weight excluding hydrogens is 354 g/mol. The second kappa shape index (κ2) is 7.80. The van der Waals surface area contributed by atoms with Crippen molar-refractivity contribution >= 4 is 21.8 Å². The number of aryl methyl sites for hydroxylation is 2. The Bertz CT molecular complexity index is 950. The summed E-state index contributed by atoms with van der Waals surface area (Å²) in [6.45, 7) is 5.33. The lowest BCUT2D eigenvalue weighted by molar-refractivity contribution is 0.0318. The molecule has 0 bridgehead atoms. The Hall–Kier alpha value is -2.51. The molecule has 26 heavy (non-hydrogen) atoms. The van der Waals surface area contributed by atoms with E-state index in [-0.39, 0.29) is 16.2 Å². The summed E-state index contributed by atoms with van der Waals surface area (Å²) in [5.41, 5.74) is 2.55. The minimum Gasteiger partial charge on any atom is -0.451 e. The van der Waals surface area contributed by atoms with Crippen LogP contribution in [0.5, 0.6) is 0 Å². The Kier molecular flexibility index (Phi) is 5.94. The van der Waals surface area contributed by atoms with Crippen molar-refractivity contribution in [2.24, 2.45) is 0 Å². The molecule has 0 aliphatic heterocycles. The number of ether oxygens (including phenoxy) is 1. The first-order valence-electron chi connectivity index (χ1n) is 8.02. The molecule has 0 aliphatic rings. The molecule has 0 spiro atoms. The van der Waals surface area contributed by atoms with Crippen molar-refractivity contribution in [2.75, 3.05) is 7.05 Å². The molecule has 1 atom stereocenters. The fraction of sp³-hybridized carbons (Fsp3) is 0.263. The molecule has 0 aromatic heterocycles. The predicted molar refractivity (Wildman–Crippen MR) is 97.8 cm³/mol. The Labute approximate surface area is 153 Å². The van der Waals surface area contributed by atoms with E-state index in [4.69, 9.17) is 4.74 Å². The number of esters is 1. The first kappa shape index (κ1) is 19.8. The van der Waals surface area contributed by atoms with Gasteiger partial charge in [0.15, 0.2) is 6.10 Å². The minimum atomic E-state index is -3.68. The molecule has 0 aliphatic carbocycles. The zero-order valence-corrected chi connectivity index (χ0v) is 15.9. The molecule has 2 aromatic rings. The largest absolute Gasteiger partial charge is 0.451 e.